The lowest BCUT2D eigenvalue weighted by Gasteiger charge is -2.17. The first-order valence-corrected chi connectivity index (χ1v) is 7.60. The molecule has 1 rings (SSSR count). The number of hydrogen-bond donors (Lipinski definition) is 1. The van der Waals surface area contributed by atoms with Crippen molar-refractivity contribution in [2.45, 2.75) is 58.9 Å². The first kappa shape index (κ1) is 16.0. The molecule has 0 heterocycles. The van der Waals surface area contributed by atoms with Crippen molar-refractivity contribution in [2.24, 2.45) is 0 Å². The minimum Gasteiger partial charge on any atom is -0.508 e. The van der Waals surface area contributed by atoms with Gasteiger partial charge in [0.15, 0.2) is 0 Å². The fourth-order valence-electron chi connectivity index (χ4n) is 2.34. The molecule has 0 saturated carbocycles. The minimum atomic E-state index is 0.426. The number of aromatic hydroxyl groups is 1. The lowest BCUT2D eigenvalue weighted by molar-refractivity contribution is 0.310. The second-order valence-corrected chi connectivity index (χ2v) is 5.64. The molecule has 2 nitrogen and oxygen atoms in total. The Kier molecular flexibility index (Phi) is 7.57. The van der Waals surface area contributed by atoms with Crippen LogP contribution in [0.3, 0.4) is 0 Å². The van der Waals surface area contributed by atoms with E-state index in [1.54, 1.807) is 0 Å². The van der Waals surface area contributed by atoms with Gasteiger partial charge < -0.3 is 10.0 Å². The molecule has 0 radical (unpaired) electrons. The van der Waals surface area contributed by atoms with E-state index in [0.29, 0.717) is 5.75 Å². The average Bonchev–Trinajstić information content (AvgIpc) is 2.37. The summed E-state index contributed by atoms with van der Waals surface area (Å²) in [6, 6.07) is 5.93. The van der Waals surface area contributed by atoms with Crippen molar-refractivity contribution >= 4 is 0 Å². The molecule has 0 aliphatic rings. The molecule has 1 N–H and O–H groups in total. The summed E-state index contributed by atoms with van der Waals surface area (Å²) < 4.78 is 0. The van der Waals surface area contributed by atoms with Crippen molar-refractivity contribution in [3.05, 3.63) is 29.3 Å². The monoisotopic (exact) mass is 263 g/mol. The molecule has 2 heteroatoms. The van der Waals surface area contributed by atoms with Crippen LogP contribution < -0.4 is 0 Å². The van der Waals surface area contributed by atoms with Crippen LogP contribution >= 0.6 is 0 Å². The van der Waals surface area contributed by atoms with E-state index in [0.717, 1.165) is 24.2 Å². The Labute approximate surface area is 118 Å². The van der Waals surface area contributed by atoms with Gasteiger partial charge in [-0.2, -0.15) is 0 Å². The van der Waals surface area contributed by atoms with Crippen molar-refractivity contribution in [1.82, 2.24) is 4.90 Å². The van der Waals surface area contributed by atoms with E-state index in [-0.39, 0.29) is 0 Å². The highest BCUT2D eigenvalue weighted by molar-refractivity contribution is 5.35. The molecule has 0 aliphatic carbocycles. The fraction of sp³-hybridized carbons (Fsp3) is 0.647. The predicted octanol–water partition coefficient (Wildman–Crippen LogP) is 4.49. The molecular formula is C17H29NO. The lowest BCUT2D eigenvalue weighted by Crippen LogP contribution is -2.19. The molecule has 0 aromatic heterocycles. The third kappa shape index (κ3) is 6.63. The summed E-state index contributed by atoms with van der Waals surface area (Å²) >= 11 is 0. The van der Waals surface area contributed by atoms with Gasteiger partial charge in [-0.05, 0) is 38.6 Å². The van der Waals surface area contributed by atoms with Crippen molar-refractivity contribution in [3.63, 3.8) is 0 Å². The Bertz CT molecular complexity index is 362. The SMILES string of the molecule is CCCCCCCCN(C)Cc1ccc(C)cc1O. The Balaban J connectivity index is 2.21. The number of hydrogen-bond acceptors (Lipinski definition) is 2. The molecule has 0 saturated heterocycles. The highest BCUT2D eigenvalue weighted by atomic mass is 16.3. The van der Waals surface area contributed by atoms with E-state index in [4.69, 9.17) is 0 Å². The Morgan fingerprint density at radius 3 is 2.42 bits per heavy atom. The summed E-state index contributed by atoms with van der Waals surface area (Å²) in [7, 11) is 2.13. The second-order valence-electron chi connectivity index (χ2n) is 5.64. The summed E-state index contributed by atoms with van der Waals surface area (Å²) in [6.07, 6.45) is 7.99. The van der Waals surface area contributed by atoms with Gasteiger partial charge in [0.1, 0.15) is 5.75 Å². The summed E-state index contributed by atoms with van der Waals surface area (Å²) in [5.74, 6) is 0.426. The first-order valence-electron chi connectivity index (χ1n) is 7.60. The number of phenols is 1. The highest BCUT2D eigenvalue weighted by Gasteiger charge is 2.05. The molecule has 0 aliphatic heterocycles. The Morgan fingerprint density at radius 1 is 1.05 bits per heavy atom. The third-order valence-corrected chi connectivity index (χ3v) is 3.57. The Hall–Kier alpha value is -1.02. The van der Waals surface area contributed by atoms with Crippen LogP contribution in [0, 0.1) is 6.92 Å². The third-order valence-electron chi connectivity index (χ3n) is 3.57. The molecule has 0 atom stereocenters. The quantitative estimate of drug-likeness (QED) is 0.663. The highest BCUT2D eigenvalue weighted by Crippen LogP contribution is 2.19. The zero-order valence-corrected chi connectivity index (χ0v) is 12.8. The van der Waals surface area contributed by atoms with Gasteiger partial charge in [0.2, 0.25) is 0 Å². The molecule has 0 unspecified atom stereocenters. The molecule has 19 heavy (non-hydrogen) atoms. The van der Waals surface area contributed by atoms with Crippen LogP contribution in [0.15, 0.2) is 18.2 Å². The van der Waals surface area contributed by atoms with Gasteiger partial charge in [-0.1, -0.05) is 51.2 Å². The summed E-state index contributed by atoms with van der Waals surface area (Å²) in [6.45, 7) is 6.20. The van der Waals surface area contributed by atoms with Crippen molar-refractivity contribution in [2.75, 3.05) is 13.6 Å². The van der Waals surface area contributed by atoms with Gasteiger partial charge >= 0.3 is 0 Å². The van der Waals surface area contributed by atoms with E-state index in [1.165, 1.54) is 38.5 Å². The number of benzene rings is 1. The van der Waals surface area contributed by atoms with Crippen LogP contribution in [0.4, 0.5) is 0 Å². The van der Waals surface area contributed by atoms with Gasteiger partial charge in [0, 0.05) is 12.1 Å². The molecule has 108 valence electrons. The van der Waals surface area contributed by atoms with E-state index in [9.17, 15) is 5.11 Å². The second kappa shape index (κ2) is 8.98. The molecule has 0 amide bonds. The molecule has 0 fully saturated rings. The van der Waals surface area contributed by atoms with Crippen LogP contribution in [-0.4, -0.2) is 23.6 Å². The number of phenolic OH excluding ortho intramolecular Hbond substituents is 1. The van der Waals surface area contributed by atoms with Gasteiger partial charge in [0.25, 0.3) is 0 Å². The molecule has 0 bridgehead atoms. The summed E-state index contributed by atoms with van der Waals surface area (Å²) in [5, 5.41) is 9.88. The van der Waals surface area contributed by atoms with Gasteiger partial charge in [-0.25, -0.2) is 0 Å². The topological polar surface area (TPSA) is 23.5 Å². The van der Waals surface area contributed by atoms with E-state index in [2.05, 4.69) is 24.9 Å². The van der Waals surface area contributed by atoms with Gasteiger partial charge in [-0.3, -0.25) is 0 Å². The van der Waals surface area contributed by atoms with Crippen LogP contribution in [0.1, 0.15) is 56.6 Å². The van der Waals surface area contributed by atoms with Crippen molar-refractivity contribution in [3.8, 4) is 5.75 Å². The van der Waals surface area contributed by atoms with E-state index in [1.807, 2.05) is 19.1 Å². The standard InChI is InChI=1S/C17H29NO/c1-4-5-6-7-8-9-12-18(3)14-16-11-10-15(2)13-17(16)19/h10-11,13,19H,4-9,12,14H2,1-3H3. The lowest BCUT2D eigenvalue weighted by atomic mass is 10.1. The molecule has 0 spiro atoms. The minimum absolute atomic E-state index is 0.426. The summed E-state index contributed by atoms with van der Waals surface area (Å²) in [4.78, 5) is 2.30. The number of rotatable bonds is 9. The number of aryl methyl sites for hydroxylation is 1. The van der Waals surface area contributed by atoms with Crippen molar-refractivity contribution < 1.29 is 5.11 Å². The maximum atomic E-state index is 9.88. The Morgan fingerprint density at radius 2 is 1.74 bits per heavy atom. The van der Waals surface area contributed by atoms with E-state index >= 15 is 0 Å². The largest absolute Gasteiger partial charge is 0.508 e. The van der Waals surface area contributed by atoms with Gasteiger partial charge in [-0.15, -0.1) is 0 Å². The van der Waals surface area contributed by atoms with Crippen LogP contribution in [0.5, 0.6) is 5.75 Å². The van der Waals surface area contributed by atoms with Crippen LogP contribution in [-0.2, 0) is 6.54 Å². The predicted molar refractivity (Wildman–Crippen MR) is 82.6 cm³/mol. The first-order chi connectivity index (χ1) is 9.13. The normalized spacial score (nSPS) is 11.2. The van der Waals surface area contributed by atoms with Gasteiger partial charge in [0.05, 0.1) is 0 Å². The average molecular weight is 263 g/mol. The zero-order chi connectivity index (χ0) is 14.1. The molecular weight excluding hydrogens is 234 g/mol. The molecule has 1 aromatic carbocycles. The maximum Gasteiger partial charge on any atom is 0.120 e. The number of nitrogens with zero attached hydrogens (tertiary/aromatic N) is 1. The van der Waals surface area contributed by atoms with E-state index < -0.39 is 0 Å². The molecule has 1 aromatic rings. The maximum absolute atomic E-state index is 9.88. The fourth-order valence-corrected chi connectivity index (χ4v) is 2.34. The smallest absolute Gasteiger partial charge is 0.120 e. The zero-order valence-electron chi connectivity index (χ0n) is 12.8. The summed E-state index contributed by atoms with van der Waals surface area (Å²) in [5.41, 5.74) is 2.14. The number of unbranched alkanes of at least 4 members (excludes halogenated alkanes) is 5. The van der Waals surface area contributed by atoms with Crippen LogP contribution in [0.2, 0.25) is 0 Å². The van der Waals surface area contributed by atoms with Crippen LogP contribution in [0.25, 0.3) is 0 Å². The van der Waals surface area contributed by atoms with Crippen molar-refractivity contribution in [1.29, 1.82) is 0 Å².